The number of aromatic nitrogens is 3. The molecular weight excluding hydrogens is 188 g/mol. The van der Waals surface area contributed by atoms with Crippen molar-refractivity contribution in [3.05, 3.63) is 11.6 Å². The fourth-order valence-corrected chi connectivity index (χ4v) is 2.08. The van der Waals surface area contributed by atoms with Crippen LogP contribution in [0.3, 0.4) is 0 Å². The zero-order valence-electron chi connectivity index (χ0n) is 9.66. The fraction of sp³-hybridized carbons (Fsp3) is 0.818. The second kappa shape index (κ2) is 3.93. The summed E-state index contributed by atoms with van der Waals surface area (Å²) in [4.78, 5) is 0. The zero-order valence-corrected chi connectivity index (χ0v) is 9.66. The molecule has 1 aliphatic rings. The van der Waals surface area contributed by atoms with Gasteiger partial charge in [-0.05, 0) is 12.8 Å². The second-order valence-corrected chi connectivity index (χ2v) is 4.99. The third kappa shape index (κ3) is 1.91. The molecule has 2 rings (SSSR count). The Hall–Kier alpha value is -0.900. The number of rotatable bonds is 2. The third-order valence-electron chi connectivity index (χ3n) is 3.23. The predicted molar refractivity (Wildman–Crippen MR) is 59.7 cm³/mol. The monoisotopic (exact) mass is 208 g/mol. The molecule has 15 heavy (non-hydrogen) atoms. The maximum Gasteiger partial charge on any atom is 0.139 e. The molecular formula is C11H20N4. The Morgan fingerprint density at radius 3 is 2.80 bits per heavy atom. The van der Waals surface area contributed by atoms with Crippen LogP contribution in [0.15, 0.2) is 0 Å². The lowest BCUT2D eigenvalue weighted by Gasteiger charge is -2.22. The average Bonchev–Trinajstić information content (AvgIpc) is 2.49. The third-order valence-corrected chi connectivity index (χ3v) is 3.23. The summed E-state index contributed by atoms with van der Waals surface area (Å²) in [5.74, 6) is 2.20. The van der Waals surface area contributed by atoms with Crippen molar-refractivity contribution in [3.63, 3.8) is 0 Å². The molecule has 4 nitrogen and oxygen atoms in total. The van der Waals surface area contributed by atoms with E-state index in [2.05, 4.69) is 28.6 Å². The molecule has 0 amide bonds. The summed E-state index contributed by atoms with van der Waals surface area (Å²) in [7, 11) is 0. The summed E-state index contributed by atoms with van der Waals surface area (Å²) in [5, 5.41) is 8.60. The van der Waals surface area contributed by atoms with Crippen molar-refractivity contribution in [1.82, 2.24) is 14.8 Å². The molecule has 0 saturated carbocycles. The van der Waals surface area contributed by atoms with Gasteiger partial charge in [0.05, 0.1) is 0 Å². The molecule has 4 heteroatoms. The highest BCUT2D eigenvalue weighted by molar-refractivity contribution is 5.09. The number of fused-ring (bicyclic) bond motifs is 1. The van der Waals surface area contributed by atoms with Gasteiger partial charge in [0.1, 0.15) is 11.6 Å². The smallest absolute Gasteiger partial charge is 0.139 e. The van der Waals surface area contributed by atoms with Crippen molar-refractivity contribution in [2.24, 2.45) is 5.73 Å². The largest absolute Gasteiger partial charge is 0.329 e. The van der Waals surface area contributed by atoms with Crippen molar-refractivity contribution in [1.29, 1.82) is 0 Å². The number of nitrogens with zero attached hydrogens (tertiary/aromatic N) is 3. The van der Waals surface area contributed by atoms with Gasteiger partial charge in [-0.15, -0.1) is 10.2 Å². The molecule has 0 unspecified atom stereocenters. The number of aryl methyl sites for hydroxylation is 1. The number of hydrogen-bond acceptors (Lipinski definition) is 3. The van der Waals surface area contributed by atoms with Crippen LogP contribution in [-0.2, 0) is 18.4 Å². The minimum absolute atomic E-state index is 0.0599. The van der Waals surface area contributed by atoms with Crippen molar-refractivity contribution >= 4 is 0 Å². The molecule has 0 bridgehead atoms. The van der Waals surface area contributed by atoms with Gasteiger partial charge in [0.15, 0.2) is 0 Å². The lowest BCUT2D eigenvalue weighted by molar-refractivity contribution is 0.460. The van der Waals surface area contributed by atoms with Crippen LogP contribution in [-0.4, -0.2) is 21.3 Å². The van der Waals surface area contributed by atoms with Gasteiger partial charge in [-0.2, -0.15) is 0 Å². The Labute approximate surface area is 90.9 Å². The van der Waals surface area contributed by atoms with Gasteiger partial charge in [-0.25, -0.2) is 0 Å². The van der Waals surface area contributed by atoms with Crippen LogP contribution in [0.25, 0.3) is 0 Å². The van der Waals surface area contributed by atoms with E-state index in [1.54, 1.807) is 0 Å². The zero-order chi connectivity index (χ0) is 10.9. The molecule has 1 aliphatic heterocycles. The highest BCUT2D eigenvalue weighted by Gasteiger charge is 2.27. The lowest BCUT2D eigenvalue weighted by Crippen LogP contribution is -2.32. The van der Waals surface area contributed by atoms with E-state index in [1.165, 1.54) is 19.3 Å². The highest BCUT2D eigenvalue weighted by atomic mass is 15.3. The van der Waals surface area contributed by atoms with Crippen LogP contribution in [0.4, 0.5) is 0 Å². The van der Waals surface area contributed by atoms with E-state index in [0.29, 0.717) is 6.54 Å². The first kappa shape index (κ1) is 10.6. The molecule has 0 fully saturated rings. The van der Waals surface area contributed by atoms with Crippen LogP contribution in [0.1, 0.15) is 44.8 Å². The first-order valence-corrected chi connectivity index (χ1v) is 5.78. The highest BCUT2D eigenvalue weighted by Crippen LogP contribution is 2.23. The van der Waals surface area contributed by atoms with Crippen LogP contribution in [0, 0.1) is 0 Å². The van der Waals surface area contributed by atoms with Crippen molar-refractivity contribution in [2.45, 2.75) is 51.5 Å². The van der Waals surface area contributed by atoms with Gasteiger partial charge < -0.3 is 10.3 Å². The van der Waals surface area contributed by atoms with E-state index in [4.69, 9.17) is 5.73 Å². The first-order chi connectivity index (χ1) is 7.15. The molecule has 0 spiro atoms. The normalized spacial score (nSPS) is 17.3. The van der Waals surface area contributed by atoms with Crippen molar-refractivity contribution in [3.8, 4) is 0 Å². The molecule has 0 aliphatic carbocycles. The van der Waals surface area contributed by atoms with Gasteiger partial charge in [0.2, 0.25) is 0 Å². The van der Waals surface area contributed by atoms with E-state index in [1.807, 2.05) is 0 Å². The number of hydrogen-bond donors (Lipinski definition) is 1. The number of nitrogens with two attached hydrogens (primary N) is 1. The van der Waals surface area contributed by atoms with E-state index >= 15 is 0 Å². The molecule has 0 saturated heterocycles. The second-order valence-electron chi connectivity index (χ2n) is 4.99. The van der Waals surface area contributed by atoms with E-state index in [9.17, 15) is 0 Å². The van der Waals surface area contributed by atoms with E-state index < -0.39 is 0 Å². The molecule has 0 atom stereocenters. The topological polar surface area (TPSA) is 56.7 Å². The van der Waals surface area contributed by atoms with Crippen LogP contribution >= 0.6 is 0 Å². The molecule has 84 valence electrons. The molecule has 1 aromatic heterocycles. The summed E-state index contributed by atoms with van der Waals surface area (Å²) in [6.07, 6.45) is 4.83. The minimum Gasteiger partial charge on any atom is -0.329 e. The van der Waals surface area contributed by atoms with Gasteiger partial charge >= 0.3 is 0 Å². The molecule has 1 aromatic rings. The molecule has 0 aromatic carbocycles. The van der Waals surface area contributed by atoms with Gasteiger partial charge in [0, 0.05) is 24.9 Å². The molecule has 2 N–H and O–H groups in total. The molecule has 0 radical (unpaired) electrons. The van der Waals surface area contributed by atoms with Crippen LogP contribution in [0.5, 0.6) is 0 Å². The van der Waals surface area contributed by atoms with Gasteiger partial charge in [0.25, 0.3) is 0 Å². The maximum atomic E-state index is 5.79. The minimum atomic E-state index is -0.0599. The fourth-order valence-electron chi connectivity index (χ4n) is 2.08. The van der Waals surface area contributed by atoms with Gasteiger partial charge in [-0.1, -0.05) is 20.3 Å². The Morgan fingerprint density at radius 2 is 2.07 bits per heavy atom. The standard InChI is InChI=1S/C11H20N4/c1-11(2,8-12)10-14-13-9-6-4-3-5-7-15(9)10/h3-8,12H2,1-2H3. The van der Waals surface area contributed by atoms with Crippen molar-refractivity contribution < 1.29 is 0 Å². The maximum absolute atomic E-state index is 5.79. The van der Waals surface area contributed by atoms with Crippen LogP contribution < -0.4 is 5.73 Å². The average molecular weight is 208 g/mol. The quantitative estimate of drug-likeness (QED) is 0.795. The summed E-state index contributed by atoms with van der Waals surface area (Å²) < 4.78 is 2.28. The Kier molecular flexibility index (Phi) is 2.78. The molecule has 2 heterocycles. The Bertz CT molecular complexity index is 340. The SMILES string of the molecule is CC(C)(CN)c1nnc2n1CCCCC2. The summed E-state index contributed by atoms with van der Waals surface area (Å²) >= 11 is 0. The van der Waals surface area contributed by atoms with E-state index in [-0.39, 0.29) is 5.41 Å². The van der Waals surface area contributed by atoms with Crippen molar-refractivity contribution in [2.75, 3.05) is 6.54 Å². The van der Waals surface area contributed by atoms with Gasteiger partial charge in [-0.3, -0.25) is 0 Å². The first-order valence-electron chi connectivity index (χ1n) is 5.78. The predicted octanol–water partition coefficient (Wildman–Crippen LogP) is 1.24. The Morgan fingerprint density at radius 1 is 1.27 bits per heavy atom. The Balaban J connectivity index is 2.37. The summed E-state index contributed by atoms with van der Waals surface area (Å²) in [5.41, 5.74) is 5.73. The summed E-state index contributed by atoms with van der Waals surface area (Å²) in [6.45, 7) is 5.94. The van der Waals surface area contributed by atoms with Crippen LogP contribution in [0.2, 0.25) is 0 Å². The van der Waals surface area contributed by atoms with E-state index in [0.717, 1.165) is 24.6 Å². The summed E-state index contributed by atoms with van der Waals surface area (Å²) in [6, 6.07) is 0. The lowest BCUT2D eigenvalue weighted by atomic mass is 9.92.